The fraction of sp³-hybridized carbons (Fsp3) is 0.467. The van der Waals surface area contributed by atoms with Crippen molar-refractivity contribution in [2.45, 2.75) is 39.0 Å². The number of aromatic nitrogens is 1. The smallest absolute Gasteiger partial charge is 0.234 e. The van der Waals surface area contributed by atoms with Crippen molar-refractivity contribution in [2.75, 3.05) is 11.4 Å². The van der Waals surface area contributed by atoms with Crippen LogP contribution in [0.2, 0.25) is 0 Å². The molecule has 0 spiro atoms. The van der Waals surface area contributed by atoms with Crippen molar-refractivity contribution in [2.24, 2.45) is 0 Å². The number of rotatable bonds is 4. The van der Waals surface area contributed by atoms with E-state index < -0.39 is 0 Å². The number of aryl methyl sites for hydroxylation is 2. The van der Waals surface area contributed by atoms with Gasteiger partial charge in [-0.25, -0.2) is 4.98 Å². The summed E-state index contributed by atoms with van der Waals surface area (Å²) in [5, 5.41) is 2.90. The second-order valence-corrected chi connectivity index (χ2v) is 7.06. The van der Waals surface area contributed by atoms with Gasteiger partial charge in [0.25, 0.3) is 0 Å². The van der Waals surface area contributed by atoms with Gasteiger partial charge in [0.05, 0.1) is 12.1 Å². The van der Waals surface area contributed by atoms with Gasteiger partial charge >= 0.3 is 0 Å². The van der Waals surface area contributed by atoms with Crippen molar-refractivity contribution in [3.8, 4) is 0 Å². The number of fused-ring (bicyclic) bond motifs is 1. The van der Waals surface area contributed by atoms with E-state index >= 15 is 0 Å². The number of hydrogen-bond donors (Lipinski definition) is 0. The normalized spacial score (nSPS) is 14.1. The number of likely N-dealkylation sites (N-methyl/N-ethyl adjacent to an activating group) is 1. The van der Waals surface area contributed by atoms with Crippen LogP contribution in [0.4, 0.5) is 5.13 Å². The van der Waals surface area contributed by atoms with Crippen LogP contribution in [0.15, 0.2) is 17.5 Å². The van der Waals surface area contributed by atoms with Crippen LogP contribution in [0.25, 0.3) is 0 Å². The summed E-state index contributed by atoms with van der Waals surface area (Å²) >= 11 is 3.34. The standard InChI is InChI=1S/C15H18N2OS2/c1-2-17(14(18)10-11-6-5-9-19-11)15-16-12-7-3-4-8-13(12)20-15/h5-6,9H,2-4,7-8,10H2,1H3. The van der Waals surface area contributed by atoms with Crippen LogP contribution in [0.1, 0.15) is 35.2 Å². The molecule has 0 aromatic carbocycles. The molecule has 20 heavy (non-hydrogen) atoms. The number of hydrogen-bond acceptors (Lipinski definition) is 4. The topological polar surface area (TPSA) is 33.2 Å². The van der Waals surface area contributed by atoms with E-state index in [1.807, 2.05) is 29.3 Å². The molecule has 1 aliphatic carbocycles. The Bertz CT molecular complexity index is 566. The van der Waals surface area contributed by atoms with Crippen LogP contribution in [-0.4, -0.2) is 17.4 Å². The molecule has 0 N–H and O–H groups in total. The van der Waals surface area contributed by atoms with Gasteiger partial charge in [0, 0.05) is 16.3 Å². The first-order valence-electron chi connectivity index (χ1n) is 7.09. The first-order valence-corrected chi connectivity index (χ1v) is 8.79. The lowest BCUT2D eigenvalue weighted by Gasteiger charge is -2.17. The van der Waals surface area contributed by atoms with Gasteiger partial charge in [0.1, 0.15) is 0 Å². The molecule has 5 heteroatoms. The molecule has 0 aliphatic heterocycles. The average Bonchev–Trinajstić information content (AvgIpc) is 3.08. The molecule has 0 unspecified atom stereocenters. The van der Waals surface area contributed by atoms with Crippen molar-refractivity contribution in [3.05, 3.63) is 33.0 Å². The predicted molar refractivity (Wildman–Crippen MR) is 84.8 cm³/mol. The lowest BCUT2D eigenvalue weighted by atomic mass is 10.0. The largest absolute Gasteiger partial charge is 0.288 e. The third-order valence-corrected chi connectivity index (χ3v) is 5.64. The second-order valence-electron chi connectivity index (χ2n) is 4.97. The zero-order valence-electron chi connectivity index (χ0n) is 11.6. The van der Waals surface area contributed by atoms with E-state index in [4.69, 9.17) is 4.98 Å². The lowest BCUT2D eigenvalue weighted by molar-refractivity contribution is -0.117. The Kier molecular flexibility index (Phi) is 4.17. The fourth-order valence-corrected chi connectivity index (χ4v) is 4.45. The molecular weight excluding hydrogens is 288 g/mol. The highest BCUT2D eigenvalue weighted by molar-refractivity contribution is 7.16. The molecule has 1 aliphatic rings. The number of thiophene rings is 1. The first kappa shape index (κ1) is 13.8. The highest BCUT2D eigenvalue weighted by Crippen LogP contribution is 2.32. The minimum Gasteiger partial charge on any atom is -0.288 e. The highest BCUT2D eigenvalue weighted by atomic mass is 32.1. The minimum absolute atomic E-state index is 0.154. The van der Waals surface area contributed by atoms with E-state index in [0.29, 0.717) is 13.0 Å². The molecule has 2 aromatic heterocycles. The van der Waals surface area contributed by atoms with Crippen molar-refractivity contribution in [1.82, 2.24) is 4.98 Å². The summed E-state index contributed by atoms with van der Waals surface area (Å²) in [5.41, 5.74) is 1.22. The Labute approximate surface area is 127 Å². The Balaban J connectivity index is 1.78. The Morgan fingerprint density at radius 2 is 2.25 bits per heavy atom. The molecule has 2 heterocycles. The van der Waals surface area contributed by atoms with Crippen molar-refractivity contribution in [3.63, 3.8) is 0 Å². The summed E-state index contributed by atoms with van der Waals surface area (Å²) in [6.45, 7) is 2.71. The predicted octanol–water partition coefficient (Wildman–Crippen LogP) is 3.68. The van der Waals surface area contributed by atoms with Gasteiger partial charge in [-0.3, -0.25) is 9.69 Å². The zero-order chi connectivity index (χ0) is 13.9. The van der Waals surface area contributed by atoms with Crippen molar-refractivity contribution >= 4 is 33.7 Å². The molecule has 0 fully saturated rings. The van der Waals surface area contributed by atoms with Gasteiger partial charge in [-0.1, -0.05) is 6.07 Å². The number of thiazole rings is 1. The van der Waals surface area contributed by atoms with E-state index in [-0.39, 0.29) is 5.91 Å². The minimum atomic E-state index is 0.154. The first-order chi connectivity index (χ1) is 9.78. The molecule has 0 atom stereocenters. The number of nitrogens with zero attached hydrogens (tertiary/aromatic N) is 2. The molecule has 0 bridgehead atoms. The molecule has 1 amide bonds. The highest BCUT2D eigenvalue weighted by Gasteiger charge is 2.22. The Morgan fingerprint density at radius 1 is 1.40 bits per heavy atom. The molecule has 0 saturated heterocycles. The van der Waals surface area contributed by atoms with Gasteiger partial charge in [-0.2, -0.15) is 0 Å². The van der Waals surface area contributed by atoms with Gasteiger partial charge in [0.2, 0.25) is 5.91 Å². The van der Waals surface area contributed by atoms with Crippen LogP contribution < -0.4 is 4.90 Å². The number of anilines is 1. The zero-order valence-corrected chi connectivity index (χ0v) is 13.2. The maximum atomic E-state index is 12.5. The maximum Gasteiger partial charge on any atom is 0.234 e. The molecular formula is C15H18N2OS2. The quantitative estimate of drug-likeness (QED) is 0.863. The van der Waals surface area contributed by atoms with Gasteiger partial charge in [-0.15, -0.1) is 22.7 Å². The van der Waals surface area contributed by atoms with Crippen molar-refractivity contribution in [1.29, 1.82) is 0 Å². The van der Waals surface area contributed by atoms with Crippen LogP contribution in [0.5, 0.6) is 0 Å². The average molecular weight is 306 g/mol. The third-order valence-electron chi connectivity index (χ3n) is 3.59. The van der Waals surface area contributed by atoms with Gasteiger partial charge < -0.3 is 0 Å². The van der Waals surface area contributed by atoms with E-state index in [0.717, 1.165) is 22.9 Å². The Morgan fingerprint density at radius 3 is 2.95 bits per heavy atom. The van der Waals surface area contributed by atoms with Gasteiger partial charge in [0.15, 0.2) is 5.13 Å². The van der Waals surface area contributed by atoms with Crippen LogP contribution in [0, 0.1) is 0 Å². The third kappa shape index (κ3) is 2.79. The molecule has 3 nitrogen and oxygen atoms in total. The lowest BCUT2D eigenvalue weighted by Crippen LogP contribution is -2.31. The monoisotopic (exact) mass is 306 g/mol. The molecule has 0 saturated carbocycles. The second kappa shape index (κ2) is 6.06. The van der Waals surface area contributed by atoms with E-state index in [2.05, 4.69) is 0 Å². The Hall–Kier alpha value is -1.20. The number of carbonyl (C=O) groups excluding carboxylic acids is 1. The van der Waals surface area contributed by atoms with Crippen LogP contribution in [0.3, 0.4) is 0 Å². The van der Waals surface area contributed by atoms with Gasteiger partial charge in [-0.05, 0) is 44.1 Å². The van der Waals surface area contributed by atoms with E-state index in [1.165, 1.54) is 23.4 Å². The molecule has 0 radical (unpaired) electrons. The SMILES string of the molecule is CCN(C(=O)Cc1cccs1)c1nc2c(s1)CCCC2. The summed E-state index contributed by atoms with van der Waals surface area (Å²) in [4.78, 5) is 21.5. The van der Waals surface area contributed by atoms with E-state index in [9.17, 15) is 4.79 Å². The molecule has 106 valence electrons. The summed E-state index contributed by atoms with van der Waals surface area (Å²) in [5.74, 6) is 0.154. The molecule has 2 aromatic rings. The molecule has 3 rings (SSSR count). The van der Waals surface area contributed by atoms with Crippen LogP contribution >= 0.6 is 22.7 Å². The number of carbonyl (C=O) groups is 1. The summed E-state index contributed by atoms with van der Waals surface area (Å²) in [6.07, 6.45) is 5.16. The maximum absolute atomic E-state index is 12.5. The fourth-order valence-electron chi connectivity index (χ4n) is 2.53. The summed E-state index contributed by atoms with van der Waals surface area (Å²) < 4.78 is 0. The van der Waals surface area contributed by atoms with Crippen molar-refractivity contribution < 1.29 is 4.79 Å². The van der Waals surface area contributed by atoms with E-state index in [1.54, 1.807) is 22.7 Å². The number of amides is 1. The summed E-state index contributed by atoms with van der Waals surface area (Å²) in [7, 11) is 0. The van der Waals surface area contributed by atoms with Crippen LogP contribution in [-0.2, 0) is 24.1 Å². The summed E-state index contributed by atoms with van der Waals surface area (Å²) in [6, 6.07) is 4.01.